The van der Waals surface area contributed by atoms with Gasteiger partial charge in [-0.05, 0) is 29.2 Å². The summed E-state index contributed by atoms with van der Waals surface area (Å²) in [6.45, 7) is 2.21. The maximum absolute atomic E-state index is 11.5. The van der Waals surface area contributed by atoms with Crippen LogP contribution in [0, 0.1) is 0 Å². The largest absolute Gasteiger partial charge is 0.352 e. The molecule has 0 aliphatic carbocycles. The van der Waals surface area contributed by atoms with Crippen LogP contribution in [0.3, 0.4) is 0 Å². The Morgan fingerprint density at radius 1 is 1.12 bits per heavy atom. The fourth-order valence-electron chi connectivity index (χ4n) is 3.16. The van der Waals surface area contributed by atoms with Crippen LogP contribution in [-0.4, -0.2) is 39.1 Å². The lowest BCUT2D eigenvalue weighted by molar-refractivity contribution is 0.378. The van der Waals surface area contributed by atoms with E-state index >= 15 is 0 Å². The predicted molar refractivity (Wildman–Crippen MR) is 106 cm³/mol. The Labute approximate surface area is 155 Å². The smallest absolute Gasteiger partial charge is 0.229 e. The summed E-state index contributed by atoms with van der Waals surface area (Å²) in [5.74, 6) is 0.814. The molecule has 1 aliphatic rings. The van der Waals surface area contributed by atoms with Crippen LogP contribution in [0.4, 0.5) is 5.69 Å². The van der Waals surface area contributed by atoms with Gasteiger partial charge in [0.1, 0.15) is 0 Å². The molecule has 0 aromatic heterocycles. The zero-order valence-electron chi connectivity index (χ0n) is 15.1. The van der Waals surface area contributed by atoms with Crippen molar-refractivity contribution in [3.63, 3.8) is 0 Å². The summed E-state index contributed by atoms with van der Waals surface area (Å²) in [6.07, 6.45) is 2.14. The van der Waals surface area contributed by atoms with E-state index in [4.69, 9.17) is 0 Å². The van der Waals surface area contributed by atoms with Gasteiger partial charge in [-0.15, -0.1) is 0 Å². The van der Waals surface area contributed by atoms with Gasteiger partial charge in [-0.2, -0.15) is 0 Å². The van der Waals surface area contributed by atoms with E-state index in [1.54, 1.807) is 13.1 Å². The van der Waals surface area contributed by atoms with Crippen LogP contribution in [-0.2, 0) is 29.5 Å². The van der Waals surface area contributed by atoms with Crippen LogP contribution in [0.25, 0.3) is 0 Å². The minimum atomic E-state index is -3.32. The van der Waals surface area contributed by atoms with Crippen LogP contribution in [0.15, 0.2) is 53.5 Å². The minimum Gasteiger partial charge on any atom is -0.352 e. The van der Waals surface area contributed by atoms with E-state index in [-0.39, 0.29) is 0 Å². The van der Waals surface area contributed by atoms with E-state index in [1.807, 2.05) is 18.2 Å². The van der Waals surface area contributed by atoms with E-state index < -0.39 is 10.0 Å². The van der Waals surface area contributed by atoms with Crippen LogP contribution in [0.5, 0.6) is 0 Å². The third-order valence-electron chi connectivity index (χ3n) is 4.39. The van der Waals surface area contributed by atoms with Gasteiger partial charge in [0.05, 0.1) is 11.9 Å². The van der Waals surface area contributed by atoms with Crippen molar-refractivity contribution >= 4 is 21.7 Å². The van der Waals surface area contributed by atoms with Crippen molar-refractivity contribution in [2.45, 2.75) is 19.5 Å². The summed E-state index contributed by atoms with van der Waals surface area (Å²) in [4.78, 5) is 6.61. The van der Waals surface area contributed by atoms with Crippen molar-refractivity contribution in [1.29, 1.82) is 0 Å². The molecular weight excluding hydrogens is 348 g/mol. The molecule has 138 valence electrons. The van der Waals surface area contributed by atoms with Gasteiger partial charge < -0.3 is 10.2 Å². The topological polar surface area (TPSA) is 73.8 Å². The van der Waals surface area contributed by atoms with Gasteiger partial charge in [0.15, 0.2) is 5.96 Å². The van der Waals surface area contributed by atoms with Gasteiger partial charge in [-0.1, -0.05) is 42.5 Å². The molecule has 2 aromatic rings. The molecule has 0 radical (unpaired) electrons. The minimum absolute atomic E-state index is 0.490. The summed E-state index contributed by atoms with van der Waals surface area (Å²) in [5.41, 5.74) is 4.17. The number of nitrogens with one attached hydrogen (secondary N) is 2. The molecule has 7 heteroatoms. The molecule has 26 heavy (non-hydrogen) atoms. The van der Waals surface area contributed by atoms with Crippen molar-refractivity contribution in [3.05, 3.63) is 65.2 Å². The molecule has 1 aliphatic heterocycles. The van der Waals surface area contributed by atoms with Crippen LogP contribution < -0.4 is 10.0 Å². The number of nitrogens with zero attached hydrogens (tertiary/aromatic N) is 2. The molecule has 2 N–H and O–H groups in total. The third kappa shape index (κ3) is 4.54. The first-order valence-electron chi connectivity index (χ1n) is 8.54. The Morgan fingerprint density at radius 2 is 1.81 bits per heavy atom. The second-order valence-electron chi connectivity index (χ2n) is 6.37. The summed E-state index contributed by atoms with van der Waals surface area (Å²) >= 11 is 0. The Kier molecular flexibility index (Phi) is 5.46. The van der Waals surface area contributed by atoms with E-state index in [2.05, 4.69) is 44.2 Å². The second-order valence-corrected chi connectivity index (χ2v) is 8.12. The SMILES string of the molecule is CN=C(NCc1ccccc1NS(C)(=O)=O)N1CCc2ccccc2C1. The molecule has 0 atom stereocenters. The Morgan fingerprint density at radius 3 is 2.54 bits per heavy atom. The van der Waals surface area contributed by atoms with Crippen LogP contribution in [0.2, 0.25) is 0 Å². The lowest BCUT2D eigenvalue weighted by Crippen LogP contribution is -2.43. The van der Waals surface area contributed by atoms with Gasteiger partial charge in [0.2, 0.25) is 10.0 Å². The highest BCUT2D eigenvalue weighted by Gasteiger charge is 2.18. The fraction of sp³-hybridized carbons (Fsp3) is 0.316. The molecule has 2 aromatic carbocycles. The third-order valence-corrected chi connectivity index (χ3v) is 4.98. The molecule has 0 bridgehead atoms. The van der Waals surface area contributed by atoms with Crippen LogP contribution >= 0.6 is 0 Å². The van der Waals surface area contributed by atoms with Crippen molar-refractivity contribution in [3.8, 4) is 0 Å². The zero-order chi connectivity index (χ0) is 18.6. The fourth-order valence-corrected chi connectivity index (χ4v) is 3.76. The molecule has 0 fully saturated rings. The first kappa shape index (κ1) is 18.3. The Hall–Kier alpha value is -2.54. The standard InChI is InChI=1S/C19H24N4O2S/c1-20-19(23-12-11-15-7-3-4-9-17(15)14-23)21-13-16-8-5-6-10-18(16)22-26(2,24)25/h3-10,22H,11-14H2,1-2H3,(H,20,21). The maximum atomic E-state index is 11.5. The van der Waals surface area contributed by atoms with E-state index in [0.717, 1.165) is 37.3 Å². The highest BCUT2D eigenvalue weighted by molar-refractivity contribution is 7.92. The summed E-state index contributed by atoms with van der Waals surface area (Å²) in [7, 11) is -1.55. The normalized spacial score (nSPS) is 14.7. The molecule has 0 spiro atoms. The zero-order valence-corrected chi connectivity index (χ0v) is 15.9. The van der Waals surface area contributed by atoms with Crippen molar-refractivity contribution in [2.24, 2.45) is 4.99 Å². The Bertz CT molecular complexity index is 909. The van der Waals surface area contributed by atoms with Gasteiger partial charge in [0, 0.05) is 26.7 Å². The number of benzene rings is 2. The van der Waals surface area contributed by atoms with E-state index in [1.165, 1.54) is 11.1 Å². The predicted octanol–water partition coefficient (Wildman–Crippen LogP) is 2.19. The van der Waals surface area contributed by atoms with E-state index in [0.29, 0.717) is 12.2 Å². The number of sulfonamides is 1. The Balaban J connectivity index is 1.69. The summed E-state index contributed by atoms with van der Waals surface area (Å²) in [6, 6.07) is 15.8. The quantitative estimate of drug-likeness (QED) is 0.637. The number of guanidine groups is 1. The molecule has 0 unspecified atom stereocenters. The molecule has 3 rings (SSSR count). The molecule has 0 amide bonds. The number of hydrogen-bond acceptors (Lipinski definition) is 3. The number of rotatable bonds is 4. The van der Waals surface area contributed by atoms with E-state index in [9.17, 15) is 8.42 Å². The number of hydrogen-bond donors (Lipinski definition) is 2. The maximum Gasteiger partial charge on any atom is 0.229 e. The van der Waals surface area contributed by atoms with Crippen molar-refractivity contribution in [1.82, 2.24) is 10.2 Å². The van der Waals surface area contributed by atoms with Crippen LogP contribution in [0.1, 0.15) is 16.7 Å². The number of para-hydroxylation sites is 1. The monoisotopic (exact) mass is 372 g/mol. The van der Waals surface area contributed by atoms with Gasteiger partial charge >= 0.3 is 0 Å². The van der Waals surface area contributed by atoms with Crippen molar-refractivity contribution < 1.29 is 8.42 Å². The molecule has 1 heterocycles. The summed E-state index contributed by atoms with van der Waals surface area (Å²) in [5, 5.41) is 3.35. The lowest BCUT2D eigenvalue weighted by Gasteiger charge is -2.31. The number of fused-ring (bicyclic) bond motifs is 1. The average molecular weight is 372 g/mol. The average Bonchev–Trinajstić information content (AvgIpc) is 2.62. The second kappa shape index (κ2) is 7.78. The first-order valence-corrected chi connectivity index (χ1v) is 10.4. The lowest BCUT2D eigenvalue weighted by atomic mass is 10.0. The first-order chi connectivity index (χ1) is 12.5. The highest BCUT2D eigenvalue weighted by Crippen LogP contribution is 2.19. The molecule has 0 saturated carbocycles. The van der Waals surface area contributed by atoms with Gasteiger partial charge in [-0.25, -0.2) is 8.42 Å². The molecular formula is C19H24N4O2S. The van der Waals surface area contributed by atoms with Crippen molar-refractivity contribution in [2.75, 3.05) is 24.6 Å². The number of anilines is 1. The summed E-state index contributed by atoms with van der Waals surface area (Å²) < 4.78 is 25.7. The van der Waals surface area contributed by atoms with Gasteiger partial charge in [-0.3, -0.25) is 9.71 Å². The highest BCUT2D eigenvalue weighted by atomic mass is 32.2. The molecule has 6 nitrogen and oxygen atoms in total. The van der Waals surface area contributed by atoms with Gasteiger partial charge in [0.25, 0.3) is 0 Å². The molecule has 0 saturated heterocycles. The number of aliphatic imine (C=N–C) groups is 1.